The molecule has 2 aliphatic rings. The van der Waals surface area contributed by atoms with Crippen LogP contribution in [0.1, 0.15) is 23.0 Å². The summed E-state index contributed by atoms with van der Waals surface area (Å²) in [5.74, 6) is 1.14. The molecule has 0 spiro atoms. The molecule has 0 fully saturated rings. The fourth-order valence-electron chi connectivity index (χ4n) is 2.62. The topological polar surface area (TPSA) is 47.4 Å². The Morgan fingerprint density at radius 1 is 1.06 bits per heavy atom. The van der Waals surface area contributed by atoms with Gasteiger partial charge < -0.3 is 4.74 Å². The Labute approximate surface area is 104 Å². The van der Waals surface area contributed by atoms with Crippen molar-refractivity contribution in [2.45, 2.75) is 18.6 Å². The summed E-state index contributed by atoms with van der Waals surface area (Å²) < 4.78 is 5.88. The molecular formula is C14H11N3O. The minimum absolute atomic E-state index is 0.111. The van der Waals surface area contributed by atoms with Crippen LogP contribution in [0.15, 0.2) is 47.7 Å². The number of aliphatic imine (C=N–C) groups is 1. The summed E-state index contributed by atoms with van der Waals surface area (Å²) in [6.07, 6.45) is 4.44. The molecule has 0 bridgehead atoms. The zero-order valence-electron chi connectivity index (χ0n) is 9.65. The molecule has 4 rings (SSSR count). The van der Waals surface area contributed by atoms with Gasteiger partial charge in [0.15, 0.2) is 0 Å². The number of hydrogen-bond acceptors (Lipinski definition) is 4. The second kappa shape index (κ2) is 3.63. The third-order valence-electron chi connectivity index (χ3n) is 3.42. The maximum atomic E-state index is 5.88. The van der Waals surface area contributed by atoms with Crippen molar-refractivity contribution in [2.75, 3.05) is 0 Å². The van der Waals surface area contributed by atoms with Crippen molar-refractivity contribution < 1.29 is 4.74 Å². The third-order valence-corrected chi connectivity index (χ3v) is 3.42. The minimum Gasteiger partial charge on any atom is -0.469 e. The number of ether oxygens (including phenoxy) is 1. The molecule has 0 saturated heterocycles. The Bertz CT molecular complexity index is 624. The first-order valence-electron chi connectivity index (χ1n) is 6.01. The average Bonchev–Trinajstić information content (AvgIpc) is 2.97. The Morgan fingerprint density at radius 3 is 2.78 bits per heavy atom. The number of hydrogen-bond donors (Lipinski definition) is 0. The summed E-state index contributed by atoms with van der Waals surface area (Å²) in [5.41, 5.74) is 2.61. The molecule has 0 amide bonds. The van der Waals surface area contributed by atoms with Gasteiger partial charge in [-0.1, -0.05) is 24.3 Å². The highest BCUT2D eigenvalue weighted by molar-refractivity contribution is 5.92. The van der Waals surface area contributed by atoms with E-state index in [1.807, 2.05) is 6.07 Å². The average molecular weight is 237 g/mol. The molecule has 0 N–H and O–H groups in total. The van der Waals surface area contributed by atoms with Crippen molar-refractivity contribution in [3.63, 3.8) is 0 Å². The van der Waals surface area contributed by atoms with Crippen LogP contribution in [0.4, 0.5) is 0 Å². The standard InChI is InChI=1S/C14H11N3O/c1-2-5-10-9(4-1)8-11-12(10)17-14(18-11)13-15-6-3-7-16-13/h1-7,11-12H,8H2. The molecule has 2 aromatic rings. The first kappa shape index (κ1) is 9.76. The highest BCUT2D eigenvalue weighted by Crippen LogP contribution is 2.40. The van der Waals surface area contributed by atoms with E-state index in [-0.39, 0.29) is 12.1 Å². The lowest BCUT2D eigenvalue weighted by Crippen LogP contribution is -2.15. The second-order valence-electron chi connectivity index (χ2n) is 4.51. The molecule has 4 heteroatoms. The van der Waals surface area contributed by atoms with E-state index in [9.17, 15) is 0 Å². The highest BCUT2D eigenvalue weighted by atomic mass is 16.5. The highest BCUT2D eigenvalue weighted by Gasteiger charge is 2.39. The first-order valence-corrected chi connectivity index (χ1v) is 6.01. The Kier molecular flexibility index (Phi) is 1.97. The van der Waals surface area contributed by atoms with Crippen molar-refractivity contribution in [3.05, 3.63) is 59.7 Å². The third kappa shape index (κ3) is 1.35. The normalized spacial score (nSPS) is 24.1. The lowest BCUT2D eigenvalue weighted by Gasteiger charge is -2.07. The van der Waals surface area contributed by atoms with Gasteiger partial charge >= 0.3 is 0 Å². The van der Waals surface area contributed by atoms with Crippen LogP contribution >= 0.6 is 0 Å². The summed E-state index contributed by atoms with van der Waals surface area (Å²) >= 11 is 0. The molecule has 1 aliphatic heterocycles. The van der Waals surface area contributed by atoms with Crippen molar-refractivity contribution in [2.24, 2.45) is 4.99 Å². The van der Waals surface area contributed by atoms with Gasteiger partial charge in [0.05, 0.1) is 0 Å². The predicted molar refractivity (Wildman–Crippen MR) is 66.3 cm³/mol. The van der Waals surface area contributed by atoms with Gasteiger partial charge in [-0.2, -0.15) is 0 Å². The van der Waals surface area contributed by atoms with E-state index in [0.717, 1.165) is 6.42 Å². The number of aromatic nitrogens is 2. The molecule has 4 nitrogen and oxygen atoms in total. The van der Waals surface area contributed by atoms with E-state index in [1.54, 1.807) is 18.5 Å². The molecule has 0 radical (unpaired) electrons. The van der Waals surface area contributed by atoms with Gasteiger partial charge in [0.2, 0.25) is 5.82 Å². The van der Waals surface area contributed by atoms with Gasteiger partial charge in [-0.05, 0) is 17.2 Å². The van der Waals surface area contributed by atoms with Gasteiger partial charge in [-0.25, -0.2) is 15.0 Å². The second-order valence-corrected chi connectivity index (χ2v) is 4.51. The summed E-state index contributed by atoms with van der Waals surface area (Å²) in [6, 6.07) is 10.3. The molecule has 1 aromatic heterocycles. The maximum absolute atomic E-state index is 5.88. The number of nitrogens with zero attached hydrogens (tertiary/aromatic N) is 3. The van der Waals surface area contributed by atoms with Gasteiger partial charge in [-0.15, -0.1) is 0 Å². The monoisotopic (exact) mass is 237 g/mol. The Balaban J connectivity index is 1.74. The van der Waals surface area contributed by atoms with E-state index in [1.165, 1.54) is 11.1 Å². The van der Waals surface area contributed by atoms with Crippen LogP contribution in [0.25, 0.3) is 0 Å². The summed E-state index contributed by atoms with van der Waals surface area (Å²) in [6.45, 7) is 0. The summed E-state index contributed by atoms with van der Waals surface area (Å²) in [4.78, 5) is 13.0. The van der Waals surface area contributed by atoms with Crippen LogP contribution in [0.2, 0.25) is 0 Å². The molecule has 88 valence electrons. The molecule has 18 heavy (non-hydrogen) atoms. The largest absolute Gasteiger partial charge is 0.469 e. The maximum Gasteiger partial charge on any atom is 0.256 e. The molecule has 2 atom stereocenters. The molecular weight excluding hydrogens is 226 g/mol. The van der Waals surface area contributed by atoms with Gasteiger partial charge in [0.25, 0.3) is 5.90 Å². The SMILES string of the molecule is c1cnc(C2=NC3c4ccccc4CC3O2)nc1. The Hall–Kier alpha value is -2.23. The van der Waals surface area contributed by atoms with Crippen molar-refractivity contribution in [3.8, 4) is 0 Å². The lowest BCUT2D eigenvalue weighted by molar-refractivity contribution is 0.205. The molecule has 2 heterocycles. The van der Waals surface area contributed by atoms with Crippen LogP contribution in [0.5, 0.6) is 0 Å². The van der Waals surface area contributed by atoms with Crippen LogP contribution in [-0.2, 0) is 11.2 Å². The number of benzene rings is 1. The quantitative estimate of drug-likeness (QED) is 0.761. The molecule has 2 unspecified atom stereocenters. The lowest BCUT2D eigenvalue weighted by atomic mass is 10.1. The van der Waals surface area contributed by atoms with Gasteiger partial charge in [0.1, 0.15) is 12.1 Å². The van der Waals surface area contributed by atoms with E-state index in [4.69, 9.17) is 4.74 Å². The Morgan fingerprint density at radius 2 is 1.89 bits per heavy atom. The summed E-state index contributed by atoms with van der Waals surface area (Å²) in [7, 11) is 0. The fourth-order valence-corrected chi connectivity index (χ4v) is 2.62. The minimum atomic E-state index is 0.111. The van der Waals surface area contributed by atoms with Crippen molar-refractivity contribution in [1.29, 1.82) is 0 Å². The van der Waals surface area contributed by atoms with Crippen molar-refractivity contribution in [1.82, 2.24) is 9.97 Å². The zero-order valence-corrected chi connectivity index (χ0v) is 9.65. The molecule has 0 saturated carbocycles. The van der Waals surface area contributed by atoms with Crippen molar-refractivity contribution >= 4 is 5.90 Å². The predicted octanol–water partition coefficient (Wildman–Crippen LogP) is 1.92. The van der Waals surface area contributed by atoms with E-state index in [2.05, 4.69) is 33.2 Å². The number of rotatable bonds is 1. The van der Waals surface area contributed by atoms with Crippen LogP contribution in [-0.4, -0.2) is 22.0 Å². The summed E-state index contributed by atoms with van der Waals surface area (Å²) in [5, 5.41) is 0. The number of fused-ring (bicyclic) bond motifs is 3. The van der Waals surface area contributed by atoms with E-state index < -0.39 is 0 Å². The zero-order chi connectivity index (χ0) is 11.9. The first-order chi connectivity index (χ1) is 8.92. The van der Waals surface area contributed by atoms with Gasteiger partial charge in [-0.3, -0.25) is 0 Å². The van der Waals surface area contributed by atoms with E-state index >= 15 is 0 Å². The van der Waals surface area contributed by atoms with Crippen LogP contribution in [0, 0.1) is 0 Å². The van der Waals surface area contributed by atoms with Crippen LogP contribution in [0.3, 0.4) is 0 Å². The fraction of sp³-hybridized carbons (Fsp3) is 0.214. The molecule has 1 aliphatic carbocycles. The van der Waals surface area contributed by atoms with E-state index in [0.29, 0.717) is 11.7 Å². The molecule has 1 aromatic carbocycles. The van der Waals surface area contributed by atoms with Crippen LogP contribution < -0.4 is 0 Å². The van der Waals surface area contributed by atoms with Gasteiger partial charge in [0, 0.05) is 18.8 Å². The smallest absolute Gasteiger partial charge is 0.256 e.